The summed E-state index contributed by atoms with van der Waals surface area (Å²) < 4.78 is 1.11. The Morgan fingerprint density at radius 3 is 2.90 bits per heavy atom. The van der Waals surface area contributed by atoms with Crippen LogP contribution in [0.25, 0.3) is 10.1 Å². The first-order chi connectivity index (χ1) is 9.76. The van der Waals surface area contributed by atoms with Crippen LogP contribution in [-0.2, 0) is 6.42 Å². The zero-order valence-electron chi connectivity index (χ0n) is 10.9. The number of anilines is 1. The summed E-state index contributed by atoms with van der Waals surface area (Å²) in [6, 6.07) is 9.87. The molecule has 102 valence electrons. The van der Waals surface area contributed by atoms with Crippen LogP contribution in [-0.4, -0.2) is 16.1 Å². The number of hydrogen-bond acceptors (Lipinski definition) is 5. The molecule has 0 atom stereocenters. The molecule has 0 bridgehead atoms. The topological polar surface area (TPSA) is 54.9 Å². The molecular weight excluding hydrogens is 290 g/mol. The van der Waals surface area contributed by atoms with Gasteiger partial charge in [0, 0.05) is 11.1 Å². The highest BCUT2D eigenvalue weighted by Gasteiger charge is 2.12. The number of carbonyl (C=O) groups is 1. The first-order valence-electron chi connectivity index (χ1n) is 6.38. The first-order valence-corrected chi connectivity index (χ1v) is 8.02. The van der Waals surface area contributed by atoms with Crippen molar-refractivity contribution in [3.63, 3.8) is 0 Å². The van der Waals surface area contributed by atoms with Crippen molar-refractivity contribution in [3.05, 3.63) is 40.2 Å². The normalized spacial score (nSPS) is 10.8. The van der Waals surface area contributed by atoms with Gasteiger partial charge >= 0.3 is 0 Å². The second kappa shape index (κ2) is 5.68. The van der Waals surface area contributed by atoms with Crippen LogP contribution in [0, 0.1) is 0 Å². The monoisotopic (exact) mass is 303 g/mol. The lowest BCUT2D eigenvalue weighted by Gasteiger charge is -1.96. The van der Waals surface area contributed by atoms with Crippen LogP contribution in [0.3, 0.4) is 0 Å². The Bertz CT molecular complexity index is 715. The van der Waals surface area contributed by atoms with E-state index in [0.29, 0.717) is 10.0 Å². The molecule has 20 heavy (non-hydrogen) atoms. The van der Waals surface area contributed by atoms with Crippen LogP contribution in [0.1, 0.15) is 28.0 Å². The van der Waals surface area contributed by atoms with Crippen molar-refractivity contribution in [2.24, 2.45) is 0 Å². The lowest BCUT2D eigenvalue weighted by molar-refractivity contribution is 0.103. The predicted octanol–water partition coefficient (Wildman–Crippen LogP) is 3.96. The van der Waals surface area contributed by atoms with E-state index in [2.05, 4.69) is 22.4 Å². The van der Waals surface area contributed by atoms with Crippen LogP contribution in [0.15, 0.2) is 30.3 Å². The second-order valence-electron chi connectivity index (χ2n) is 4.35. The van der Waals surface area contributed by atoms with Gasteiger partial charge in [-0.05, 0) is 23.9 Å². The number of hydrogen-bond donors (Lipinski definition) is 1. The average Bonchev–Trinajstić information content (AvgIpc) is 3.05. The van der Waals surface area contributed by atoms with E-state index in [-0.39, 0.29) is 5.91 Å². The summed E-state index contributed by atoms with van der Waals surface area (Å²) >= 11 is 2.92. The molecule has 3 aromatic rings. The van der Waals surface area contributed by atoms with Gasteiger partial charge in [0.05, 0.1) is 4.88 Å². The highest BCUT2D eigenvalue weighted by molar-refractivity contribution is 7.21. The van der Waals surface area contributed by atoms with Crippen LogP contribution in [0.2, 0.25) is 0 Å². The fourth-order valence-electron chi connectivity index (χ4n) is 1.87. The molecule has 0 fully saturated rings. The molecule has 1 aromatic carbocycles. The summed E-state index contributed by atoms with van der Waals surface area (Å²) in [5, 5.41) is 13.5. The lowest BCUT2D eigenvalue weighted by Crippen LogP contribution is -2.09. The van der Waals surface area contributed by atoms with Crippen molar-refractivity contribution in [2.75, 3.05) is 5.32 Å². The zero-order valence-corrected chi connectivity index (χ0v) is 12.6. The highest BCUT2D eigenvalue weighted by atomic mass is 32.1. The van der Waals surface area contributed by atoms with Crippen LogP contribution in [0.5, 0.6) is 0 Å². The summed E-state index contributed by atoms with van der Waals surface area (Å²) in [5.41, 5.74) is 0. The number of nitrogens with one attached hydrogen (secondary N) is 1. The second-order valence-corrected chi connectivity index (χ2v) is 6.50. The summed E-state index contributed by atoms with van der Waals surface area (Å²) in [5.74, 6) is -0.120. The molecule has 0 unspecified atom stereocenters. The van der Waals surface area contributed by atoms with Gasteiger partial charge in [-0.1, -0.05) is 36.5 Å². The van der Waals surface area contributed by atoms with E-state index in [4.69, 9.17) is 0 Å². The molecular formula is C14H13N3OS2. The third-order valence-electron chi connectivity index (χ3n) is 2.80. The van der Waals surface area contributed by atoms with E-state index >= 15 is 0 Å². The number of amides is 1. The van der Waals surface area contributed by atoms with Gasteiger partial charge in [-0.25, -0.2) is 0 Å². The Morgan fingerprint density at radius 1 is 1.25 bits per heavy atom. The fourth-order valence-corrected chi connectivity index (χ4v) is 3.67. The molecule has 2 aromatic heterocycles. The molecule has 0 aliphatic heterocycles. The lowest BCUT2D eigenvalue weighted by atomic mass is 10.2. The smallest absolute Gasteiger partial charge is 0.267 e. The number of nitrogens with zero attached hydrogens (tertiary/aromatic N) is 2. The van der Waals surface area contributed by atoms with Gasteiger partial charge in [0.15, 0.2) is 0 Å². The van der Waals surface area contributed by atoms with Crippen molar-refractivity contribution in [3.8, 4) is 0 Å². The molecule has 3 rings (SSSR count). The van der Waals surface area contributed by atoms with E-state index in [1.165, 1.54) is 22.7 Å². The third-order valence-corrected chi connectivity index (χ3v) is 4.81. The van der Waals surface area contributed by atoms with Gasteiger partial charge in [-0.15, -0.1) is 21.5 Å². The van der Waals surface area contributed by atoms with E-state index < -0.39 is 0 Å². The minimum atomic E-state index is -0.120. The predicted molar refractivity (Wildman–Crippen MR) is 83.7 cm³/mol. The maximum absolute atomic E-state index is 12.2. The molecule has 2 heterocycles. The van der Waals surface area contributed by atoms with Crippen molar-refractivity contribution in [1.82, 2.24) is 10.2 Å². The van der Waals surface area contributed by atoms with Crippen molar-refractivity contribution >= 4 is 43.8 Å². The Balaban J connectivity index is 1.77. The molecule has 0 radical (unpaired) electrons. The summed E-state index contributed by atoms with van der Waals surface area (Å²) in [6.07, 6.45) is 1.93. The van der Waals surface area contributed by atoms with E-state index in [9.17, 15) is 4.79 Å². The van der Waals surface area contributed by atoms with Crippen LogP contribution in [0.4, 0.5) is 5.13 Å². The van der Waals surface area contributed by atoms with Gasteiger partial charge < -0.3 is 0 Å². The molecule has 1 N–H and O–H groups in total. The van der Waals surface area contributed by atoms with Gasteiger partial charge in [0.2, 0.25) is 5.13 Å². The minimum Gasteiger partial charge on any atom is -0.296 e. The van der Waals surface area contributed by atoms with E-state index in [1.807, 2.05) is 30.3 Å². The molecule has 0 aliphatic carbocycles. The molecule has 1 amide bonds. The third kappa shape index (κ3) is 2.71. The minimum absolute atomic E-state index is 0.120. The number of aromatic nitrogens is 2. The van der Waals surface area contributed by atoms with Gasteiger partial charge in [-0.2, -0.15) is 0 Å². The molecule has 6 heteroatoms. The Kier molecular flexibility index (Phi) is 3.75. The quantitative estimate of drug-likeness (QED) is 0.793. The standard InChI is InChI=1S/C14H13N3OS2/c1-2-5-12-16-17-14(20-12)15-13(18)11-8-9-6-3-4-7-10(9)19-11/h3-4,6-8H,2,5H2,1H3,(H,15,17,18). The average molecular weight is 303 g/mol. The molecule has 0 saturated carbocycles. The maximum Gasteiger partial charge on any atom is 0.267 e. The summed E-state index contributed by atoms with van der Waals surface area (Å²) in [7, 11) is 0. The number of thiophene rings is 1. The number of benzene rings is 1. The van der Waals surface area contributed by atoms with Crippen molar-refractivity contribution in [2.45, 2.75) is 19.8 Å². The van der Waals surface area contributed by atoms with Crippen LogP contribution >= 0.6 is 22.7 Å². The van der Waals surface area contributed by atoms with Gasteiger partial charge in [0.1, 0.15) is 5.01 Å². The van der Waals surface area contributed by atoms with Crippen molar-refractivity contribution in [1.29, 1.82) is 0 Å². The maximum atomic E-state index is 12.2. The Labute approximate surface area is 124 Å². The number of rotatable bonds is 4. The van der Waals surface area contributed by atoms with Crippen LogP contribution < -0.4 is 5.32 Å². The molecule has 0 spiro atoms. The van der Waals surface area contributed by atoms with Gasteiger partial charge in [0.25, 0.3) is 5.91 Å². The SMILES string of the molecule is CCCc1nnc(NC(=O)c2cc3ccccc3s2)s1. The summed E-state index contributed by atoms with van der Waals surface area (Å²) in [4.78, 5) is 12.9. The van der Waals surface area contributed by atoms with E-state index in [1.54, 1.807) is 0 Å². The Morgan fingerprint density at radius 2 is 2.10 bits per heavy atom. The zero-order chi connectivity index (χ0) is 13.9. The first kappa shape index (κ1) is 13.2. The number of aryl methyl sites for hydroxylation is 1. The summed E-state index contributed by atoms with van der Waals surface area (Å²) in [6.45, 7) is 2.09. The molecule has 0 saturated heterocycles. The van der Waals surface area contributed by atoms with E-state index in [0.717, 1.165) is 27.9 Å². The molecule has 0 aliphatic rings. The number of fused-ring (bicyclic) bond motifs is 1. The Hall–Kier alpha value is -1.79. The number of carbonyl (C=O) groups excluding carboxylic acids is 1. The largest absolute Gasteiger partial charge is 0.296 e. The van der Waals surface area contributed by atoms with Crippen molar-refractivity contribution < 1.29 is 4.79 Å². The molecule has 4 nitrogen and oxygen atoms in total. The fraction of sp³-hybridized carbons (Fsp3) is 0.214. The van der Waals surface area contributed by atoms with Gasteiger partial charge in [-0.3, -0.25) is 10.1 Å². The highest BCUT2D eigenvalue weighted by Crippen LogP contribution is 2.26.